The van der Waals surface area contributed by atoms with Gasteiger partial charge < -0.3 is 5.11 Å². The average molecular weight is 170 g/mol. The predicted octanol–water partition coefficient (Wildman–Crippen LogP) is 1.93. The maximum atomic E-state index is 11.2. The van der Waals surface area contributed by atoms with E-state index in [1.807, 2.05) is 20.8 Å². The van der Waals surface area contributed by atoms with Gasteiger partial charge in [0.05, 0.1) is 0 Å². The second-order valence-corrected chi connectivity index (χ2v) is 3.51. The molecule has 1 atom stereocenters. The normalized spacial score (nSPS) is 12.3. The van der Waals surface area contributed by atoms with Crippen LogP contribution in [0.25, 0.3) is 0 Å². The highest BCUT2D eigenvalue weighted by molar-refractivity contribution is 5.90. The molecule has 0 saturated heterocycles. The van der Waals surface area contributed by atoms with Crippen LogP contribution < -0.4 is 0 Å². The predicted molar refractivity (Wildman–Crippen MR) is 49.9 cm³/mol. The van der Waals surface area contributed by atoms with Crippen molar-refractivity contribution in [3.05, 3.63) is 11.6 Å². The number of hydrogen-bond donors (Lipinski definition) is 1. The van der Waals surface area contributed by atoms with Crippen molar-refractivity contribution in [3.8, 4) is 0 Å². The van der Waals surface area contributed by atoms with Crippen LogP contribution in [0.15, 0.2) is 11.6 Å². The molecule has 1 unspecified atom stereocenters. The lowest BCUT2D eigenvalue weighted by atomic mass is 10.0. The Balaban J connectivity index is 3.77. The van der Waals surface area contributed by atoms with Gasteiger partial charge >= 0.3 is 0 Å². The van der Waals surface area contributed by atoms with Crippen molar-refractivity contribution in [3.63, 3.8) is 0 Å². The van der Waals surface area contributed by atoms with Crippen LogP contribution in [0.3, 0.4) is 0 Å². The Hall–Kier alpha value is -0.630. The maximum absolute atomic E-state index is 11.2. The van der Waals surface area contributed by atoms with E-state index in [4.69, 9.17) is 5.11 Å². The Morgan fingerprint density at radius 1 is 1.50 bits per heavy atom. The summed E-state index contributed by atoms with van der Waals surface area (Å²) in [5, 5.41) is 8.60. The Morgan fingerprint density at radius 2 is 2.08 bits per heavy atom. The Kier molecular flexibility index (Phi) is 5.64. The van der Waals surface area contributed by atoms with E-state index in [1.54, 1.807) is 6.08 Å². The fourth-order valence-electron chi connectivity index (χ4n) is 1.05. The molecule has 0 bridgehead atoms. The molecule has 70 valence electrons. The lowest BCUT2D eigenvalue weighted by Gasteiger charge is -2.05. The largest absolute Gasteiger partial charge is 0.396 e. The molecule has 0 amide bonds. The van der Waals surface area contributed by atoms with Crippen LogP contribution in [-0.2, 0) is 4.79 Å². The van der Waals surface area contributed by atoms with E-state index in [0.717, 1.165) is 5.57 Å². The monoisotopic (exact) mass is 170 g/mol. The summed E-state index contributed by atoms with van der Waals surface area (Å²) >= 11 is 0. The zero-order valence-corrected chi connectivity index (χ0v) is 8.13. The second-order valence-electron chi connectivity index (χ2n) is 3.51. The first-order valence-electron chi connectivity index (χ1n) is 4.35. The van der Waals surface area contributed by atoms with E-state index in [1.165, 1.54) is 0 Å². The third-order valence-electron chi connectivity index (χ3n) is 1.62. The molecule has 0 aromatic carbocycles. The van der Waals surface area contributed by atoms with Crippen molar-refractivity contribution in [2.75, 3.05) is 6.61 Å². The minimum atomic E-state index is 0.163. The third kappa shape index (κ3) is 6.10. The van der Waals surface area contributed by atoms with Gasteiger partial charge in [0.25, 0.3) is 0 Å². The third-order valence-corrected chi connectivity index (χ3v) is 1.62. The SMILES string of the molecule is CC(C)=CC(=O)CC(C)CCO. The van der Waals surface area contributed by atoms with E-state index >= 15 is 0 Å². The van der Waals surface area contributed by atoms with Gasteiger partial charge in [0.15, 0.2) is 5.78 Å². The maximum Gasteiger partial charge on any atom is 0.155 e. The number of carbonyl (C=O) groups is 1. The van der Waals surface area contributed by atoms with Gasteiger partial charge in [-0.25, -0.2) is 0 Å². The number of rotatable bonds is 5. The van der Waals surface area contributed by atoms with Crippen molar-refractivity contribution in [1.82, 2.24) is 0 Å². The van der Waals surface area contributed by atoms with Crippen LogP contribution in [0, 0.1) is 5.92 Å². The van der Waals surface area contributed by atoms with Crippen molar-refractivity contribution in [1.29, 1.82) is 0 Å². The summed E-state index contributed by atoms with van der Waals surface area (Å²) in [6.45, 7) is 5.97. The molecule has 0 fully saturated rings. The van der Waals surface area contributed by atoms with Crippen molar-refractivity contribution in [2.45, 2.75) is 33.6 Å². The first-order chi connectivity index (χ1) is 5.56. The topological polar surface area (TPSA) is 37.3 Å². The smallest absolute Gasteiger partial charge is 0.155 e. The van der Waals surface area contributed by atoms with Gasteiger partial charge in [0.2, 0.25) is 0 Å². The highest BCUT2D eigenvalue weighted by atomic mass is 16.3. The van der Waals surface area contributed by atoms with Crippen LogP contribution in [0.1, 0.15) is 33.6 Å². The fourth-order valence-corrected chi connectivity index (χ4v) is 1.05. The molecule has 0 spiro atoms. The molecule has 0 aliphatic rings. The number of ketones is 1. The van der Waals surface area contributed by atoms with Crippen molar-refractivity contribution >= 4 is 5.78 Å². The summed E-state index contributed by atoms with van der Waals surface area (Å²) in [6.07, 6.45) is 2.92. The minimum absolute atomic E-state index is 0.163. The van der Waals surface area contributed by atoms with Gasteiger partial charge in [-0.15, -0.1) is 0 Å². The first-order valence-corrected chi connectivity index (χ1v) is 4.35. The van der Waals surface area contributed by atoms with Gasteiger partial charge in [-0.1, -0.05) is 12.5 Å². The molecule has 1 N–H and O–H groups in total. The van der Waals surface area contributed by atoms with E-state index in [0.29, 0.717) is 12.8 Å². The molecule has 0 rings (SSSR count). The number of allylic oxidation sites excluding steroid dienone is 2. The van der Waals surface area contributed by atoms with Crippen molar-refractivity contribution < 1.29 is 9.90 Å². The number of carbonyl (C=O) groups excluding carboxylic acids is 1. The van der Waals surface area contributed by atoms with Gasteiger partial charge in [-0.3, -0.25) is 4.79 Å². The molecule has 0 radical (unpaired) electrons. The lowest BCUT2D eigenvalue weighted by Crippen LogP contribution is -2.04. The summed E-state index contributed by atoms with van der Waals surface area (Å²) < 4.78 is 0. The highest BCUT2D eigenvalue weighted by Gasteiger charge is 2.05. The van der Waals surface area contributed by atoms with E-state index < -0.39 is 0 Å². The molecule has 2 nitrogen and oxygen atoms in total. The summed E-state index contributed by atoms with van der Waals surface area (Å²) in [7, 11) is 0. The molecule has 0 aliphatic carbocycles. The van der Waals surface area contributed by atoms with E-state index in [-0.39, 0.29) is 18.3 Å². The summed E-state index contributed by atoms with van der Waals surface area (Å²) in [5.41, 5.74) is 1.04. The van der Waals surface area contributed by atoms with Crippen LogP contribution >= 0.6 is 0 Å². The molecule has 0 saturated carbocycles. The minimum Gasteiger partial charge on any atom is -0.396 e. The number of aliphatic hydroxyl groups is 1. The molecule has 0 aliphatic heterocycles. The number of hydrogen-bond acceptors (Lipinski definition) is 2. The van der Waals surface area contributed by atoms with Crippen molar-refractivity contribution in [2.24, 2.45) is 5.92 Å². The lowest BCUT2D eigenvalue weighted by molar-refractivity contribution is -0.115. The summed E-state index contributed by atoms with van der Waals surface area (Å²) in [6, 6.07) is 0. The van der Waals surface area contributed by atoms with Crippen LogP contribution in [0.4, 0.5) is 0 Å². The van der Waals surface area contributed by atoms with Gasteiger partial charge in [0.1, 0.15) is 0 Å². The van der Waals surface area contributed by atoms with E-state index in [2.05, 4.69) is 0 Å². The van der Waals surface area contributed by atoms with Gasteiger partial charge in [0, 0.05) is 13.0 Å². The zero-order valence-electron chi connectivity index (χ0n) is 8.13. The average Bonchev–Trinajstić information content (AvgIpc) is 1.84. The van der Waals surface area contributed by atoms with Crippen LogP contribution in [0.5, 0.6) is 0 Å². The first kappa shape index (κ1) is 11.4. The summed E-state index contributed by atoms with van der Waals surface area (Å²) in [5.74, 6) is 0.453. The Bertz CT molecular complexity index is 167. The van der Waals surface area contributed by atoms with Crippen LogP contribution in [0.2, 0.25) is 0 Å². The Labute approximate surface area is 74.3 Å². The Morgan fingerprint density at radius 3 is 2.50 bits per heavy atom. The molecule has 12 heavy (non-hydrogen) atoms. The summed E-state index contributed by atoms with van der Waals surface area (Å²) in [4.78, 5) is 11.2. The molecule has 0 aromatic rings. The fraction of sp³-hybridized carbons (Fsp3) is 0.700. The molecule has 0 heterocycles. The van der Waals surface area contributed by atoms with Crippen LogP contribution in [-0.4, -0.2) is 17.5 Å². The molecule has 2 heteroatoms. The molecular weight excluding hydrogens is 152 g/mol. The van der Waals surface area contributed by atoms with Gasteiger partial charge in [-0.2, -0.15) is 0 Å². The zero-order chi connectivity index (χ0) is 9.56. The standard InChI is InChI=1S/C10H18O2/c1-8(2)6-10(12)7-9(3)4-5-11/h6,9,11H,4-5,7H2,1-3H3. The second kappa shape index (κ2) is 5.95. The van der Waals surface area contributed by atoms with E-state index in [9.17, 15) is 4.79 Å². The van der Waals surface area contributed by atoms with Gasteiger partial charge in [-0.05, 0) is 32.3 Å². The quantitative estimate of drug-likeness (QED) is 0.640. The molecular formula is C10H18O2. The highest BCUT2D eigenvalue weighted by Crippen LogP contribution is 2.08. The molecule has 0 aromatic heterocycles. The number of aliphatic hydroxyl groups excluding tert-OH is 1.